The summed E-state index contributed by atoms with van der Waals surface area (Å²) in [5, 5.41) is 10.2. The Morgan fingerprint density at radius 3 is 1.06 bits per heavy atom. The Balaban J connectivity index is 0.887. The number of rotatable bonds is 6. The van der Waals surface area contributed by atoms with Crippen molar-refractivity contribution in [2.45, 2.75) is 0 Å². The molecule has 0 N–H and O–H groups in total. The highest BCUT2D eigenvalue weighted by Gasteiger charge is 2.20. The number of hydrogen-bond acceptors (Lipinski definition) is 1. The lowest BCUT2D eigenvalue weighted by Crippen LogP contribution is -2.10. The Morgan fingerprint density at radius 1 is 0.250 bits per heavy atom. The third-order valence-electron chi connectivity index (χ3n) is 13.6. The molecule has 0 unspecified atom stereocenters. The molecule has 14 rings (SSSR count). The molecule has 0 atom stereocenters. The van der Waals surface area contributed by atoms with Gasteiger partial charge in [0.1, 0.15) is 0 Å². The second-order valence-electron chi connectivity index (χ2n) is 16.9. The molecule has 0 radical (unpaired) electrons. The third kappa shape index (κ3) is 4.99. The van der Waals surface area contributed by atoms with Crippen LogP contribution in [0.1, 0.15) is 0 Å². The minimum absolute atomic E-state index is 1.08. The number of para-hydroxylation sites is 6. The molecule has 0 saturated heterocycles. The zero-order valence-electron chi connectivity index (χ0n) is 34.7. The van der Waals surface area contributed by atoms with E-state index in [-0.39, 0.29) is 0 Å². The highest BCUT2D eigenvalue weighted by atomic mass is 15.1. The molecule has 0 bridgehead atoms. The molecule has 0 amide bonds. The molecule has 4 nitrogen and oxygen atoms in total. The van der Waals surface area contributed by atoms with Crippen LogP contribution >= 0.6 is 0 Å². The van der Waals surface area contributed by atoms with Crippen molar-refractivity contribution < 1.29 is 0 Å². The predicted octanol–water partition coefficient (Wildman–Crippen LogP) is 16.2. The van der Waals surface area contributed by atoms with Gasteiger partial charge in [-0.1, -0.05) is 127 Å². The van der Waals surface area contributed by atoms with Crippen molar-refractivity contribution in [1.29, 1.82) is 0 Å². The highest BCUT2D eigenvalue weighted by molar-refractivity contribution is 6.23. The van der Waals surface area contributed by atoms with Crippen molar-refractivity contribution in [1.82, 2.24) is 13.5 Å². The summed E-state index contributed by atoms with van der Waals surface area (Å²) in [6.07, 6.45) is 0. The van der Waals surface area contributed by atoms with Gasteiger partial charge in [0, 0.05) is 71.5 Å². The van der Waals surface area contributed by atoms with E-state index in [0.717, 1.165) is 28.4 Å². The third-order valence-corrected chi connectivity index (χ3v) is 13.6. The molecule has 0 spiro atoms. The van der Waals surface area contributed by atoms with Gasteiger partial charge >= 0.3 is 0 Å². The molecule has 10 aromatic carbocycles. The molecular formula is C60H38N4. The fraction of sp³-hybridized carbons (Fsp3) is 0. The maximum atomic E-state index is 2.44. The van der Waals surface area contributed by atoms with Gasteiger partial charge in [-0.3, -0.25) is 0 Å². The van der Waals surface area contributed by atoms with E-state index in [2.05, 4.69) is 249 Å². The lowest BCUT2D eigenvalue weighted by molar-refractivity contribution is 1.17. The first-order valence-electron chi connectivity index (χ1n) is 22.0. The molecule has 4 heterocycles. The molecule has 0 fully saturated rings. The standard InChI is InChI=1S/C60H38N4/c1-6-19-54-46(12-1)47-13-2-7-20-55(47)62(54)44-33-29-42(30-34-44)61(43-31-35-45(36-32-43)63-56-21-8-3-14-48(56)49-15-4-9-22-57(49)63)41-27-24-39(25-28-41)40-26-37-59-53(38-40)52-18-11-17-51-50-16-5-10-23-58(50)64(59)60(51)52/h1-38H. The fourth-order valence-electron chi connectivity index (χ4n) is 10.8. The average Bonchev–Trinajstić information content (AvgIpc) is 4.09. The Morgan fingerprint density at radius 2 is 0.594 bits per heavy atom. The summed E-state index contributed by atoms with van der Waals surface area (Å²) in [6.45, 7) is 0. The van der Waals surface area contributed by atoms with Gasteiger partial charge in [0.05, 0.1) is 38.6 Å². The van der Waals surface area contributed by atoms with Crippen LogP contribution in [0.4, 0.5) is 17.1 Å². The van der Waals surface area contributed by atoms with E-state index in [9.17, 15) is 0 Å². The van der Waals surface area contributed by atoms with E-state index in [4.69, 9.17) is 0 Å². The second-order valence-corrected chi connectivity index (χ2v) is 16.9. The number of benzene rings is 10. The van der Waals surface area contributed by atoms with Crippen molar-refractivity contribution in [2.75, 3.05) is 4.90 Å². The summed E-state index contributed by atoms with van der Waals surface area (Å²) in [5.74, 6) is 0. The van der Waals surface area contributed by atoms with Crippen LogP contribution in [0.25, 0.3) is 104 Å². The van der Waals surface area contributed by atoms with Crippen LogP contribution in [0.15, 0.2) is 231 Å². The van der Waals surface area contributed by atoms with E-state index < -0.39 is 0 Å². The maximum absolute atomic E-state index is 2.44. The molecule has 4 heteroatoms. The highest BCUT2D eigenvalue weighted by Crippen LogP contribution is 2.42. The van der Waals surface area contributed by atoms with E-state index >= 15 is 0 Å². The summed E-state index contributed by atoms with van der Waals surface area (Å²) >= 11 is 0. The molecule has 64 heavy (non-hydrogen) atoms. The molecule has 14 aromatic rings. The van der Waals surface area contributed by atoms with E-state index in [1.165, 1.54) is 92.8 Å². The number of nitrogens with zero attached hydrogens (tertiary/aromatic N) is 4. The molecular weight excluding hydrogens is 777 g/mol. The summed E-state index contributed by atoms with van der Waals surface area (Å²) in [6, 6.07) is 84.4. The van der Waals surface area contributed by atoms with Crippen LogP contribution in [0.3, 0.4) is 0 Å². The lowest BCUT2D eigenvalue weighted by atomic mass is 10.0. The van der Waals surface area contributed by atoms with Gasteiger partial charge in [0.15, 0.2) is 0 Å². The Bertz CT molecular complexity index is 3850. The van der Waals surface area contributed by atoms with Crippen molar-refractivity contribution in [2.24, 2.45) is 0 Å². The van der Waals surface area contributed by atoms with Crippen LogP contribution in [0.5, 0.6) is 0 Å². The largest absolute Gasteiger partial charge is 0.311 e. The van der Waals surface area contributed by atoms with Crippen LogP contribution < -0.4 is 4.90 Å². The number of hydrogen-bond donors (Lipinski definition) is 0. The van der Waals surface area contributed by atoms with Crippen molar-refractivity contribution in [3.8, 4) is 22.5 Å². The normalized spacial score (nSPS) is 12.1. The molecule has 0 aliphatic heterocycles. The van der Waals surface area contributed by atoms with Gasteiger partial charge in [-0.25, -0.2) is 0 Å². The van der Waals surface area contributed by atoms with Crippen molar-refractivity contribution in [3.63, 3.8) is 0 Å². The van der Waals surface area contributed by atoms with Crippen LogP contribution in [-0.2, 0) is 0 Å². The second kappa shape index (κ2) is 13.4. The quantitative estimate of drug-likeness (QED) is 0.163. The summed E-state index contributed by atoms with van der Waals surface area (Å²) < 4.78 is 7.20. The smallest absolute Gasteiger partial charge is 0.0620 e. The minimum Gasteiger partial charge on any atom is -0.311 e. The first-order chi connectivity index (χ1) is 31.8. The predicted molar refractivity (Wildman–Crippen MR) is 270 cm³/mol. The van der Waals surface area contributed by atoms with Gasteiger partial charge in [-0.15, -0.1) is 0 Å². The molecule has 0 aliphatic rings. The molecule has 0 aliphatic carbocycles. The van der Waals surface area contributed by atoms with Gasteiger partial charge in [0.25, 0.3) is 0 Å². The first kappa shape index (κ1) is 35.0. The van der Waals surface area contributed by atoms with Gasteiger partial charge in [-0.2, -0.15) is 0 Å². The zero-order valence-corrected chi connectivity index (χ0v) is 34.7. The molecule has 0 saturated carbocycles. The van der Waals surface area contributed by atoms with Crippen LogP contribution in [-0.4, -0.2) is 13.5 Å². The van der Waals surface area contributed by atoms with Crippen LogP contribution in [0, 0.1) is 0 Å². The van der Waals surface area contributed by atoms with Gasteiger partial charge in [0.2, 0.25) is 0 Å². The number of anilines is 3. The fourth-order valence-corrected chi connectivity index (χ4v) is 10.8. The maximum Gasteiger partial charge on any atom is 0.0620 e. The average molecular weight is 815 g/mol. The Labute approximate surface area is 368 Å². The summed E-state index contributed by atoms with van der Waals surface area (Å²) in [4.78, 5) is 2.37. The lowest BCUT2D eigenvalue weighted by Gasteiger charge is -2.26. The zero-order chi connectivity index (χ0) is 41.9. The minimum atomic E-state index is 1.08. The molecule has 4 aromatic heterocycles. The van der Waals surface area contributed by atoms with E-state index in [1.54, 1.807) is 0 Å². The van der Waals surface area contributed by atoms with Gasteiger partial charge < -0.3 is 18.4 Å². The monoisotopic (exact) mass is 814 g/mol. The van der Waals surface area contributed by atoms with E-state index in [0.29, 0.717) is 0 Å². The first-order valence-corrected chi connectivity index (χ1v) is 22.0. The number of aromatic nitrogens is 3. The topological polar surface area (TPSA) is 17.5 Å². The summed E-state index contributed by atoms with van der Waals surface area (Å²) in [5.41, 5.74) is 16.5. The van der Waals surface area contributed by atoms with Crippen molar-refractivity contribution in [3.05, 3.63) is 231 Å². The summed E-state index contributed by atoms with van der Waals surface area (Å²) in [7, 11) is 0. The van der Waals surface area contributed by atoms with Crippen molar-refractivity contribution >= 4 is 98.8 Å². The van der Waals surface area contributed by atoms with E-state index in [1.807, 2.05) is 0 Å². The van der Waals surface area contributed by atoms with Gasteiger partial charge in [-0.05, 0) is 114 Å². The number of fused-ring (bicyclic) bond motifs is 12. The Kier molecular flexibility index (Phi) is 7.36. The van der Waals surface area contributed by atoms with Crippen LogP contribution in [0.2, 0.25) is 0 Å². The molecule has 298 valence electrons. The SMILES string of the molecule is c1ccc2c(c1)c1ccccc1n2-c1ccc(N(c2ccc(-c3ccc4c(c3)c3cccc5c6ccccc6n4c53)cc2)c2ccc(-n3c4ccccc4c4ccccc43)cc2)cc1. The Hall–Kier alpha value is -8.60.